The highest BCUT2D eigenvalue weighted by atomic mass is 15.0. The molecular weight excluding hydrogens is 681 g/mol. The van der Waals surface area contributed by atoms with E-state index in [1.165, 1.54) is 55.2 Å². The number of benzene rings is 8. The van der Waals surface area contributed by atoms with Gasteiger partial charge in [0.25, 0.3) is 0 Å². The second-order valence-electron chi connectivity index (χ2n) is 14.4. The second kappa shape index (κ2) is 12.9. The van der Waals surface area contributed by atoms with Gasteiger partial charge in [0.1, 0.15) is 0 Å². The maximum absolute atomic E-state index is 5.23. The molecule has 0 radical (unpaired) electrons. The summed E-state index contributed by atoms with van der Waals surface area (Å²) in [6.07, 6.45) is 0. The van der Waals surface area contributed by atoms with Crippen LogP contribution in [0.25, 0.3) is 72.8 Å². The monoisotopic (exact) mass is 714 g/mol. The highest BCUT2D eigenvalue weighted by Crippen LogP contribution is 2.56. The fraction of sp³-hybridized carbons (Fsp3) is 0.0192. The summed E-state index contributed by atoms with van der Waals surface area (Å²) in [5.74, 6) is 1.90. The Morgan fingerprint density at radius 3 is 1.39 bits per heavy atom. The highest BCUT2D eigenvalue weighted by Gasteiger charge is 2.46. The molecule has 11 rings (SSSR count). The first kappa shape index (κ1) is 32.0. The number of fused-ring (bicyclic) bond motifs is 6. The summed E-state index contributed by atoms with van der Waals surface area (Å²) in [6, 6.07) is 73.3. The van der Waals surface area contributed by atoms with E-state index in [4.69, 9.17) is 15.0 Å². The smallest absolute Gasteiger partial charge is 0.164 e. The van der Waals surface area contributed by atoms with Crippen LogP contribution < -0.4 is 0 Å². The van der Waals surface area contributed by atoms with E-state index in [2.05, 4.69) is 193 Å². The first-order valence-electron chi connectivity index (χ1n) is 19.0. The minimum absolute atomic E-state index is 0.523. The third-order valence-corrected chi connectivity index (χ3v) is 11.3. The average molecular weight is 715 g/mol. The molecule has 0 N–H and O–H groups in total. The average Bonchev–Trinajstić information content (AvgIpc) is 3.78. The normalized spacial score (nSPS) is 12.8. The number of para-hydroxylation sites is 2. The molecule has 0 amide bonds. The molecule has 0 saturated carbocycles. The first-order valence-corrected chi connectivity index (χ1v) is 19.0. The molecule has 262 valence electrons. The van der Waals surface area contributed by atoms with Gasteiger partial charge in [-0.05, 0) is 75.8 Å². The molecule has 10 aromatic rings. The molecule has 0 spiro atoms. The van der Waals surface area contributed by atoms with Gasteiger partial charge in [0.05, 0.1) is 16.4 Å². The Bertz CT molecular complexity index is 2970. The van der Waals surface area contributed by atoms with Crippen molar-refractivity contribution in [3.63, 3.8) is 0 Å². The Morgan fingerprint density at radius 1 is 0.339 bits per heavy atom. The van der Waals surface area contributed by atoms with Crippen LogP contribution in [0, 0.1) is 0 Å². The van der Waals surface area contributed by atoms with Crippen molar-refractivity contribution < 1.29 is 0 Å². The van der Waals surface area contributed by atoms with E-state index in [9.17, 15) is 0 Å². The maximum Gasteiger partial charge on any atom is 0.164 e. The lowest BCUT2D eigenvalue weighted by molar-refractivity contribution is 0.768. The predicted octanol–water partition coefficient (Wildman–Crippen LogP) is 12.3. The Morgan fingerprint density at radius 2 is 0.786 bits per heavy atom. The lowest BCUT2D eigenvalue weighted by Gasteiger charge is -2.34. The molecule has 8 aromatic carbocycles. The van der Waals surface area contributed by atoms with Crippen LogP contribution in [0.2, 0.25) is 0 Å². The summed E-state index contributed by atoms with van der Waals surface area (Å²) in [5.41, 5.74) is 13.1. The summed E-state index contributed by atoms with van der Waals surface area (Å²) in [6.45, 7) is 0. The molecule has 0 bridgehead atoms. The molecule has 1 aliphatic carbocycles. The van der Waals surface area contributed by atoms with E-state index in [1.807, 2.05) is 18.2 Å². The van der Waals surface area contributed by atoms with Crippen LogP contribution >= 0.6 is 0 Å². The predicted molar refractivity (Wildman–Crippen MR) is 228 cm³/mol. The van der Waals surface area contributed by atoms with Gasteiger partial charge in [-0.15, -0.1) is 0 Å². The Labute approximate surface area is 325 Å². The maximum atomic E-state index is 5.23. The van der Waals surface area contributed by atoms with Crippen molar-refractivity contribution >= 4 is 21.8 Å². The summed E-state index contributed by atoms with van der Waals surface area (Å²) < 4.78 is 2.33. The van der Waals surface area contributed by atoms with Gasteiger partial charge >= 0.3 is 0 Å². The van der Waals surface area contributed by atoms with Crippen LogP contribution in [0.1, 0.15) is 22.3 Å². The molecular formula is C52H34N4. The van der Waals surface area contributed by atoms with Gasteiger partial charge < -0.3 is 4.57 Å². The van der Waals surface area contributed by atoms with Gasteiger partial charge in [0.2, 0.25) is 0 Å². The van der Waals surface area contributed by atoms with Crippen LogP contribution in [0.3, 0.4) is 0 Å². The van der Waals surface area contributed by atoms with Crippen LogP contribution in [-0.2, 0) is 5.41 Å². The quantitative estimate of drug-likeness (QED) is 0.172. The van der Waals surface area contributed by atoms with Gasteiger partial charge in [0.15, 0.2) is 17.5 Å². The minimum atomic E-state index is -0.523. The van der Waals surface area contributed by atoms with E-state index in [1.54, 1.807) is 0 Å². The van der Waals surface area contributed by atoms with Crippen molar-refractivity contribution in [2.45, 2.75) is 5.41 Å². The van der Waals surface area contributed by atoms with Gasteiger partial charge in [-0.25, -0.2) is 15.0 Å². The zero-order valence-corrected chi connectivity index (χ0v) is 30.4. The Kier molecular flexibility index (Phi) is 7.36. The lowest BCUT2D eigenvalue weighted by Crippen LogP contribution is -2.28. The summed E-state index contributed by atoms with van der Waals surface area (Å²) in [7, 11) is 0. The number of hydrogen-bond acceptors (Lipinski definition) is 3. The first-order chi connectivity index (χ1) is 27.8. The zero-order chi connectivity index (χ0) is 37.1. The number of aromatic nitrogens is 4. The van der Waals surface area contributed by atoms with Crippen LogP contribution in [0.5, 0.6) is 0 Å². The van der Waals surface area contributed by atoms with Gasteiger partial charge in [0, 0.05) is 33.2 Å². The van der Waals surface area contributed by atoms with E-state index in [-0.39, 0.29) is 0 Å². The van der Waals surface area contributed by atoms with E-state index < -0.39 is 5.41 Å². The number of hydrogen-bond donors (Lipinski definition) is 0. The SMILES string of the molecule is c1ccc(-c2nc(-c3ccc(-n4c5ccccc5c5ccccc54)cc3)nc(-c3ccc4c(c3)C(c3ccccc3)(c3ccccc3)c3ccccc3-4)n2)cc1. The molecule has 1 aliphatic rings. The van der Waals surface area contributed by atoms with Crippen molar-refractivity contribution in [1.29, 1.82) is 0 Å². The van der Waals surface area contributed by atoms with E-state index in [0.29, 0.717) is 17.5 Å². The molecule has 0 atom stereocenters. The molecule has 2 aromatic heterocycles. The van der Waals surface area contributed by atoms with Gasteiger partial charge in [-0.1, -0.05) is 164 Å². The van der Waals surface area contributed by atoms with Crippen molar-refractivity contribution in [2.24, 2.45) is 0 Å². The molecule has 0 saturated heterocycles. The summed E-state index contributed by atoms with van der Waals surface area (Å²) in [4.78, 5) is 15.5. The molecule has 4 heteroatoms. The highest BCUT2D eigenvalue weighted by molar-refractivity contribution is 6.09. The topological polar surface area (TPSA) is 43.6 Å². The van der Waals surface area contributed by atoms with Gasteiger partial charge in [-0.3, -0.25) is 0 Å². The zero-order valence-electron chi connectivity index (χ0n) is 30.4. The molecule has 2 heterocycles. The standard InChI is InChI=1S/C52H34N4/c1-4-16-35(17-5-1)49-53-50(36-28-31-40(32-29-36)56-47-26-14-11-23-43(47)44-24-12-15-27-48(44)56)55-51(54-49)37-30-33-42-41-22-10-13-25-45(41)52(46(42)34-37,38-18-6-2-7-19-38)39-20-8-3-9-21-39/h1-34H. The molecule has 56 heavy (non-hydrogen) atoms. The van der Waals surface area contributed by atoms with Crippen LogP contribution in [-0.4, -0.2) is 19.5 Å². The molecule has 0 fully saturated rings. The fourth-order valence-electron chi connectivity index (χ4n) is 8.89. The van der Waals surface area contributed by atoms with Gasteiger partial charge in [-0.2, -0.15) is 0 Å². The molecule has 0 unspecified atom stereocenters. The fourth-order valence-corrected chi connectivity index (χ4v) is 8.89. The number of rotatable bonds is 6. The second-order valence-corrected chi connectivity index (χ2v) is 14.4. The molecule has 4 nitrogen and oxygen atoms in total. The van der Waals surface area contributed by atoms with Crippen molar-refractivity contribution in [2.75, 3.05) is 0 Å². The van der Waals surface area contributed by atoms with Crippen molar-refractivity contribution in [3.8, 4) is 51.0 Å². The minimum Gasteiger partial charge on any atom is -0.309 e. The van der Waals surface area contributed by atoms with Crippen LogP contribution in [0.4, 0.5) is 0 Å². The Balaban J connectivity index is 1.09. The third kappa shape index (κ3) is 4.89. The molecule has 0 aliphatic heterocycles. The third-order valence-electron chi connectivity index (χ3n) is 11.3. The van der Waals surface area contributed by atoms with Crippen LogP contribution in [0.15, 0.2) is 206 Å². The van der Waals surface area contributed by atoms with E-state index in [0.717, 1.165) is 22.4 Å². The van der Waals surface area contributed by atoms with E-state index >= 15 is 0 Å². The lowest BCUT2D eigenvalue weighted by atomic mass is 9.67. The largest absolute Gasteiger partial charge is 0.309 e. The van der Waals surface area contributed by atoms with Crippen molar-refractivity contribution in [3.05, 3.63) is 229 Å². The van der Waals surface area contributed by atoms with Crippen molar-refractivity contribution in [1.82, 2.24) is 19.5 Å². The Hall–Kier alpha value is -7.43. The summed E-state index contributed by atoms with van der Waals surface area (Å²) >= 11 is 0. The number of nitrogens with zero attached hydrogens (tertiary/aromatic N) is 4. The summed E-state index contributed by atoms with van der Waals surface area (Å²) in [5, 5.41) is 2.48.